The summed E-state index contributed by atoms with van der Waals surface area (Å²) in [6.07, 6.45) is -1.48. The molecular formula is C43H66O15. The van der Waals surface area contributed by atoms with Crippen LogP contribution in [0.2, 0.25) is 0 Å². The number of rotatable bonds is 8. The molecule has 21 atom stereocenters. The quantitative estimate of drug-likeness (QED) is 0.118. The van der Waals surface area contributed by atoms with E-state index in [4.69, 9.17) is 37.9 Å². The molecule has 6 N–H and O–H groups in total. The van der Waals surface area contributed by atoms with E-state index >= 15 is 0 Å². The van der Waals surface area contributed by atoms with Crippen LogP contribution in [0.4, 0.5) is 0 Å². The molecule has 2 spiro atoms. The molecule has 0 aromatic carbocycles. The van der Waals surface area contributed by atoms with Crippen LogP contribution in [0.5, 0.6) is 0 Å². The number of esters is 1. The molecule has 0 aromatic heterocycles. The zero-order valence-electron chi connectivity index (χ0n) is 34.8. The summed E-state index contributed by atoms with van der Waals surface area (Å²) < 4.78 is 49.2. The van der Waals surface area contributed by atoms with Gasteiger partial charge in [0.25, 0.3) is 0 Å². The molecule has 4 saturated heterocycles. The highest BCUT2D eigenvalue weighted by molar-refractivity contribution is 5.85. The number of epoxide rings is 1. The Morgan fingerprint density at radius 3 is 2.24 bits per heavy atom. The molecule has 0 amide bonds. The molecule has 9 aliphatic rings. The molecule has 5 aliphatic heterocycles. The summed E-state index contributed by atoms with van der Waals surface area (Å²) in [5, 5.41) is 66.7. The molecule has 0 radical (unpaired) electrons. The van der Waals surface area contributed by atoms with Crippen molar-refractivity contribution in [2.24, 2.45) is 28.1 Å². The zero-order chi connectivity index (χ0) is 41.4. The molecule has 15 nitrogen and oxygen atoms in total. The number of aliphatic hydroxyl groups excluding tert-OH is 5. The minimum atomic E-state index is -1.30. The lowest BCUT2D eigenvalue weighted by Crippen LogP contribution is -2.65. The summed E-state index contributed by atoms with van der Waals surface area (Å²) in [4.78, 5) is 12.1. The molecule has 0 bridgehead atoms. The lowest BCUT2D eigenvalue weighted by molar-refractivity contribution is -0.323. The van der Waals surface area contributed by atoms with Gasteiger partial charge in [-0.1, -0.05) is 20.8 Å². The number of aliphatic hydroxyl groups is 6. The standard InChI is InChI=1S/C43H66O15/c1-21-15-41(50,20-52-32-12-26(44)36(49)22(2)54-32)18-34(53-21)57-37-23(3)55-33(13-27(37)45)56-25-7-8-39(5)29-14-30(47)40(6)35(24-11-31(48)51-19-24)28(46)17-43(40)42(29,58-43)10-9-38(39,4)16-25/h11,21-23,25-30,32-37,44-47,49-50H,7-10,12-20H2,1-6H3/t21?,22?,23?,25?,26?,27?,28?,29?,30?,32?,33-,34?,35?,36?,37+,38+,39+,40-,41?,42?,43+/m1/s1. The summed E-state index contributed by atoms with van der Waals surface area (Å²) >= 11 is 0. The van der Waals surface area contributed by atoms with E-state index < -0.39 is 102 Å². The van der Waals surface area contributed by atoms with Gasteiger partial charge in [0.2, 0.25) is 0 Å². The predicted octanol–water partition coefficient (Wildman–Crippen LogP) is 2.13. The first-order valence-electron chi connectivity index (χ1n) is 21.8. The topological polar surface area (TPSA) is 216 Å². The first-order valence-corrected chi connectivity index (χ1v) is 21.8. The SMILES string of the molecule is CC1CC(O)(COC2CC(O)C(O)C(C)O2)CC(O[C@@H]2C(O)C[C@@H](OC3CC[C@@]4(C)C5CC(O)[C@]6(C)C(C7=CC(=O)OC7)C(O)C[C@]67OC57CC[C@@]4(C)C3)OC2C)O1. The largest absolute Gasteiger partial charge is 0.458 e. The Balaban J connectivity index is 0.808. The van der Waals surface area contributed by atoms with E-state index in [-0.39, 0.29) is 61.4 Å². The Morgan fingerprint density at radius 2 is 1.53 bits per heavy atom. The van der Waals surface area contributed by atoms with Crippen molar-refractivity contribution in [3.05, 3.63) is 11.6 Å². The van der Waals surface area contributed by atoms with Crippen LogP contribution in [0, 0.1) is 28.1 Å². The fourth-order valence-corrected chi connectivity index (χ4v) is 14.0. The minimum absolute atomic E-state index is 0.0775. The lowest BCUT2D eigenvalue weighted by atomic mass is 9.39. The number of ether oxygens (including phenoxy) is 8. The highest BCUT2D eigenvalue weighted by Crippen LogP contribution is 2.83. The van der Waals surface area contributed by atoms with Gasteiger partial charge in [0.05, 0.1) is 61.0 Å². The smallest absolute Gasteiger partial charge is 0.331 e. The van der Waals surface area contributed by atoms with E-state index in [1.165, 1.54) is 6.08 Å². The highest BCUT2D eigenvalue weighted by atomic mass is 16.7. The number of cyclic esters (lactones) is 1. The van der Waals surface area contributed by atoms with Crippen LogP contribution >= 0.6 is 0 Å². The van der Waals surface area contributed by atoms with Crippen LogP contribution < -0.4 is 0 Å². The second kappa shape index (κ2) is 14.4. The number of carbonyl (C=O) groups is 1. The molecule has 4 saturated carbocycles. The summed E-state index contributed by atoms with van der Waals surface area (Å²) in [6, 6.07) is 0. The average molecular weight is 823 g/mol. The summed E-state index contributed by atoms with van der Waals surface area (Å²) in [7, 11) is 0. The van der Waals surface area contributed by atoms with Crippen molar-refractivity contribution in [2.75, 3.05) is 13.2 Å². The van der Waals surface area contributed by atoms with Crippen molar-refractivity contribution in [3.8, 4) is 0 Å². The van der Waals surface area contributed by atoms with Crippen molar-refractivity contribution < 1.29 is 73.3 Å². The van der Waals surface area contributed by atoms with E-state index in [1.54, 1.807) is 6.92 Å². The number of fused-ring (bicyclic) bond motifs is 2. The van der Waals surface area contributed by atoms with Gasteiger partial charge in [-0.05, 0) is 81.6 Å². The molecule has 328 valence electrons. The normalized spacial score (nSPS) is 57.7. The van der Waals surface area contributed by atoms with Crippen LogP contribution in [0.3, 0.4) is 0 Å². The molecular weight excluding hydrogens is 756 g/mol. The first-order chi connectivity index (χ1) is 27.3. The Bertz CT molecular complexity index is 1600. The third-order valence-electron chi connectivity index (χ3n) is 17.2. The van der Waals surface area contributed by atoms with Gasteiger partial charge in [0.1, 0.15) is 30.0 Å². The van der Waals surface area contributed by atoms with Crippen molar-refractivity contribution in [2.45, 2.75) is 209 Å². The fraction of sp³-hybridized carbons (Fsp3) is 0.930. The van der Waals surface area contributed by atoms with E-state index in [1.807, 2.05) is 13.8 Å². The second-order valence-corrected chi connectivity index (χ2v) is 20.5. The Hall–Kier alpha value is -1.31. The van der Waals surface area contributed by atoms with Gasteiger partial charge in [-0.2, -0.15) is 0 Å². The van der Waals surface area contributed by atoms with E-state index in [0.29, 0.717) is 19.3 Å². The molecule has 5 heterocycles. The van der Waals surface area contributed by atoms with E-state index in [9.17, 15) is 35.4 Å². The molecule has 0 aromatic rings. The fourth-order valence-electron chi connectivity index (χ4n) is 14.0. The second-order valence-electron chi connectivity index (χ2n) is 20.5. The van der Waals surface area contributed by atoms with Crippen molar-refractivity contribution in [1.82, 2.24) is 0 Å². The van der Waals surface area contributed by atoms with Gasteiger partial charge < -0.3 is 68.5 Å². The van der Waals surface area contributed by atoms with Crippen LogP contribution in [0.15, 0.2) is 11.6 Å². The summed E-state index contributed by atoms with van der Waals surface area (Å²) in [5.41, 5.74) is -2.65. The Morgan fingerprint density at radius 1 is 0.793 bits per heavy atom. The monoisotopic (exact) mass is 822 g/mol. The number of carbonyl (C=O) groups excluding carboxylic acids is 1. The summed E-state index contributed by atoms with van der Waals surface area (Å²) in [5.74, 6) is -0.710. The third kappa shape index (κ3) is 6.34. The van der Waals surface area contributed by atoms with Crippen LogP contribution in [0.25, 0.3) is 0 Å². The predicted molar refractivity (Wildman–Crippen MR) is 201 cm³/mol. The van der Waals surface area contributed by atoms with Gasteiger partial charge in [-0.3, -0.25) is 0 Å². The maximum atomic E-state index is 12.1. The van der Waals surface area contributed by atoms with Gasteiger partial charge in [-0.15, -0.1) is 0 Å². The van der Waals surface area contributed by atoms with Crippen molar-refractivity contribution >= 4 is 5.97 Å². The maximum Gasteiger partial charge on any atom is 0.331 e. The molecule has 4 aliphatic carbocycles. The van der Waals surface area contributed by atoms with Crippen molar-refractivity contribution in [3.63, 3.8) is 0 Å². The van der Waals surface area contributed by atoms with Gasteiger partial charge in [-0.25, -0.2) is 4.79 Å². The zero-order valence-corrected chi connectivity index (χ0v) is 34.8. The number of hydrogen-bond donors (Lipinski definition) is 6. The average Bonchev–Trinajstić information content (AvgIpc) is 3.49. The number of hydrogen-bond acceptors (Lipinski definition) is 15. The Kier molecular flexibility index (Phi) is 10.4. The highest BCUT2D eigenvalue weighted by Gasteiger charge is 2.90. The van der Waals surface area contributed by atoms with E-state index in [0.717, 1.165) is 37.7 Å². The minimum Gasteiger partial charge on any atom is -0.458 e. The summed E-state index contributed by atoms with van der Waals surface area (Å²) in [6.45, 7) is 12.2. The van der Waals surface area contributed by atoms with Gasteiger partial charge in [0, 0.05) is 49.5 Å². The van der Waals surface area contributed by atoms with E-state index in [2.05, 4.69) is 20.8 Å². The van der Waals surface area contributed by atoms with Crippen molar-refractivity contribution in [1.29, 1.82) is 0 Å². The molecule has 9 rings (SSSR count). The van der Waals surface area contributed by atoms with Gasteiger partial charge in [0.15, 0.2) is 18.9 Å². The molecule has 15 unspecified atom stereocenters. The first kappa shape index (κ1) is 42.0. The third-order valence-corrected chi connectivity index (χ3v) is 17.2. The van der Waals surface area contributed by atoms with Crippen LogP contribution in [-0.4, -0.2) is 147 Å². The van der Waals surface area contributed by atoms with Crippen LogP contribution in [0.1, 0.15) is 112 Å². The molecule has 58 heavy (non-hydrogen) atoms. The van der Waals surface area contributed by atoms with Gasteiger partial charge >= 0.3 is 5.97 Å². The Labute approximate surface area is 340 Å². The van der Waals surface area contributed by atoms with Crippen LogP contribution in [-0.2, 0) is 42.7 Å². The molecule has 8 fully saturated rings. The lowest BCUT2D eigenvalue weighted by Gasteiger charge is -2.64. The maximum absolute atomic E-state index is 12.1. The molecule has 15 heteroatoms.